The van der Waals surface area contributed by atoms with E-state index < -0.39 is 5.41 Å². The molecule has 7 nitrogen and oxygen atoms in total. The van der Waals surface area contributed by atoms with E-state index in [0.717, 1.165) is 32.1 Å². The summed E-state index contributed by atoms with van der Waals surface area (Å²) < 4.78 is 5.25. The van der Waals surface area contributed by atoms with Crippen LogP contribution in [0.2, 0.25) is 0 Å². The largest absolute Gasteiger partial charge is 0.385 e. The van der Waals surface area contributed by atoms with Crippen molar-refractivity contribution in [2.45, 2.75) is 57.0 Å². The van der Waals surface area contributed by atoms with E-state index in [1.807, 2.05) is 18.7 Å². The number of nitrogens with two attached hydrogens (primary N) is 1. The summed E-state index contributed by atoms with van der Waals surface area (Å²) in [6.07, 6.45) is 4.60. The van der Waals surface area contributed by atoms with Crippen LogP contribution in [0.1, 0.15) is 51.5 Å². The molecule has 1 heterocycles. The van der Waals surface area contributed by atoms with E-state index in [9.17, 15) is 9.59 Å². The van der Waals surface area contributed by atoms with E-state index in [2.05, 4.69) is 54.2 Å². The summed E-state index contributed by atoms with van der Waals surface area (Å²) in [5, 5.41) is 0. The van der Waals surface area contributed by atoms with E-state index in [0.29, 0.717) is 26.2 Å². The van der Waals surface area contributed by atoms with Crippen LogP contribution < -0.4 is 5.73 Å². The first-order valence-corrected chi connectivity index (χ1v) is 11.7. The number of methoxy groups -OCH3 is 1. The Morgan fingerprint density at radius 1 is 1.16 bits per heavy atom. The average molecular weight is 445 g/mol. The molecule has 1 aliphatic carbocycles. The normalized spacial score (nSPS) is 26.4. The van der Waals surface area contributed by atoms with Crippen LogP contribution in [0.25, 0.3) is 0 Å². The molecule has 1 aromatic carbocycles. The summed E-state index contributed by atoms with van der Waals surface area (Å²) in [7, 11) is 6.00. The van der Waals surface area contributed by atoms with Gasteiger partial charge in [-0.15, -0.1) is 0 Å². The Hall–Kier alpha value is -2.12. The van der Waals surface area contributed by atoms with Gasteiger partial charge >= 0.3 is 6.03 Å². The lowest BCUT2D eigenvalue weighted by Crippen LogP contribution is -2.55. The summed E-state index contributed by atoms with van der Waals surface area (Å²) in [6, 6.07) is 10.7. The van der Waals surface area contributed by atoms with Gasteiger partial charge in [-0.2, -0.15) is 0 Å². The van der Waals surface area contributed by atoms with E-state index in [1.54, 1.807) is 7.11 Å². The number of carbonyl (C=O) groups excluding carboxylic acids is 2. The van der Waals surface area contributed by atoms with Gasteiger partial charge in [0, 0.05) is 38.9 Å². The zero-order valence-electron chi connectivity index (χ0n) is 20.4. The summed E-state index contributed by atoms with van der Waals surface area (Å²) in [6.45, 7) is 5.92. The second kappa shape index (κ2) is 9.40. The lowest BCUT2D eigenvalue weighted by atomic mass is 9.68. The monoisotopic (exact) mass is 444 g/mol. The van der Waals surface area contributed by atoms with Crippen LogP contribution >= 0.6 is 0 Å². The fourth-order valence-electron chi connectivity index (χ4n) is 5.56. The predicted molar refractivity (Wildman–Crippen MR) is 126 cm³/mol. The number of nitrogens with zero attached hydrogens (tertiary/aromatic N) is 3. The maximum atomic E-state index is 13.5. The highest BCUT2D eigenvalue weighted by atomic mass is 16.5. The Balaban J connectivity index is 1.86. The van der Waals surface area contributed by atoms with E-state index >= 15 is 0 Å². The number of hydrogen-bond donors (Lipinski definition) is 1. The van der Waals surface area contributed by atoms with Crippen LogP contribution in [-0.2, 0) is 15.1 Å². The van der Waals surface area contributed by atoms with Crippen molar-refractivity contribution in [1.29, 1.82) is 0 Å². The van der Waals surface area contributed by atoms with Gasteiger partial charge in [0.25, 0.3) is 0 Å². The topological polar surface area (TPSA) is 79.1 Å². The molecule has 3 rings (SSSR count). The van der Waals surface area contributed by atoms with Crippen LogP contribution in [0.4, 0.5) is 4.79 Å². The zero-order chi connectivity index (χ0) is 23.6. The van der Waals surface area contributed by atoms with Crippen molar-refractivity contribution >= 4 is 11.9 Å². The molecule has 0 radical (unpaired) electrons. The Morgan fingerprint density at radius 3 is 2.31 bits per heavy atom. The minimum Gasteiger partial charge on any atom is -0.385 e. The van der Waals surface area contributed by atoms with Gasteiger partial charge in [-0.25, -0.2) is 4.79 Å². The Labute approximate surface area is 192 Å². The Kier molecular flexibility index (Phi) is 7.20. The van der Waals surface area contributed by atoms with Gasteiger partial charge in [0.05, 0.1) is 11.0 Å². The van der Waals surface area contributed by atoms with Crippen molar-refractivity contribution in [3.8, 4) is 0 Å². The third kappa shape index (κ3) is 4.50. The predicted octanol–water partition coefficient (Wildman–Crippen LogP) is 3.04. The lowest BCUT2D eigenvalue weighted by molar-refractivity contribution is -0.126. The van der Waals surface area contributed by atoms with Gasteiger partial charge in [-0.05, 0) is 65.6 Å². The molecule has 2 fully saturated rings. The molecule has 1 saturated heterocycles. The number of urea groups is 1. The van der Waals surface area contributed by atoms with Gasteiger partial charge in [-0.1, -0.05) is 30.3 Å². The van der Waals surface area contributed by atoms with Gasteiger partial charge in [0.15, 0.2) is 0 Å². The first kappa shape index (κ1) is 24.5. The molecule has 7 heteroatoms. The highest BCUT2D eigenvalue weighted by Gasteiger charge is 2.54. The number of hydrogen-bond acceptors (Lipinski definition) is 4. The number of carbonyl (C=O) groups is 2. The first-order chi connectivity index (χ1) is 15.1. The Bertz CT molecular complexity index is 801. The molecule has 2 N–H and O–H groups in total. The minimum absolute atomic E-state index is 0.0208. The number of benzene rings is 1. The van der Waals surface area contributed by atoms with E-state index in [1.165, 1.54) is 5.56 Å². The molecule has 3 amide bonds. The minimum atomic E-state index is -0.758. The first-order valence-electron chi connectivity index (χ1n) is 11.7. The third-order valence-electron chi connectivity index (χ3n) is 7.72. The number of primary amides is 1. The number of amides is 3. The summed E-state index contributed by atoms with van der Waals surface area (Å²) in [5.41, 5.74) is 5.94. The second-order valence-electron chi connectivity index (χ2n) is 10.4. The van der Waals surface area contributed by atoms with Crippen LogP contribution in [-0.4, -0.2) is 79.6 Å². The fraction of sp³-hybridized carbons (Fsp3) is 0.680. The standard InChI is InChI=1S/C25H40N4O3/c1-23(2,21(26)30)18-28-19-24(29(22(28)31)16-9-17-32-5)12-14-25(15-13-24,27(3)4)20-10-7-6-8-11-20/h6-8,10-11H,9,12-19H2,1-5H3,(H2,26,30)/t24-,25+. The van der Waals surface area contributed by atoms with Crippen molar-refractivity contribution in [2.75, 3.05) is 47.4 Å². The molecule has 0 bridgehead atoms. The molecule has 1 aromatic rings. The summed E-state index contributed by atoms with van der Waals surface area (Å²) in [4.78, 5) is 31.7. The van der Waals surface area contributed by atoms with E-state index in [4.69, 9.17) is 10.5 Å². The Morgan fingerprint density at radius 2 is 1.78 bits per heavy atom. The molecular formula is C25H40N4O3. The molecule has 0 unspecified atom stereocenters. The number of ether oxygens (including phenoxy) is 1. The van der Waals surface area contributed by atoms with Gasteiger partial charge in [-0.3, -0.25) is 9.69 Å². The van der Waals surface area contributed by atoms with Crippen molar-refractivity contribution in [3.05, 3.63) is 35.9 Å². The van der Waals surface area contributed by atoms with Crippen molar-refractivity contribution in [1.82, 2.24) is 14.7 Å². The fourth-order valence-corrected chi connectivity index (χ4v) is 5.56. The summed E-state index contributed by atoms with van der Waals surface area (Å²) >= 11 is 0. The van der Waals surface area contributed by atoms with Crippen molar-refractivity contribution in [2.24, 2.45) is 11.1 Å². The molecular weight excluding hydrogens is 404 g/mol. The SMILES string of the molecule is COCCCN1C(=O)N(CC(C)(C)C(N)=O)C[C@]12CC[C@](c1ccccc1)(N(C)C)CC2. The van der Waals surface area contributed by atoms with Crippen LogP contribution in [0, 0.1) is 5.41 Å². The van der Waals surface area contributed by atoms with E-state index in [-0.39, 0.29) is 23.0 Å². The van der Waals surface area contributed by atoms with Crippen molar-refractivity contribution in [3.63, 3.8) is 0 Å². The molecule has 1 spiro atoms. The molecule has 0 atom stereocenters. The maximum absolute atomic E-state index is 13.5. The molecule has 2 aliphatic rings. The quantitative estimate of drug-likeness (QED) is 0.594. The highest BCUT2D eigenvalue weighted by Crippen LogP contribution is 2.49. The highest BCUT2D eigenvalue weighted by molar-refractivity contribution is 5.83. The molecule has 32 heavy (non-hydrogen) atoms. The van der Waals surface area contributed by atoms with Gasteiger partial charge < -0.3 is 20.3 Å². The van der Waals surface area contributed by atoms with Crippen molar-refractivity contribution < 1.29 is 14.3 Å². The molecule has 178 valence electrons. The van der Waals surface area contributed by atoms with Crippen LogP contribution in [0.5, 0.6) is 0 Å². The third-order valence-corrected chi connectivity index (χ3v) is 7.72. The maximum Gasteiger partial charge on any atom is 0.320 e. The van der Waals surface area contributed by atoms with Gasteiger partial charge in [0.2, 0.25) is 5.91 Å². The average Bonchev–Trinajstić information content (AvgIpc) is 3.00. The second-order valence-corrected chi connectivity index (χ2v) is 10.4. The summed E-state index contributed by atoms with van der Waals surface area (Å²) in [5.74, 6) is -0.378. The zero-order valence-corrected chi connectivity index (χ0v) is 20.4. The molecule has 1 aliphatic heterocycles. The van der Waals surface area contributed by atoms with Gasteiger partial charge in [0.1, 0.15) is 0 Å². The lowest BCUT2D eigenvalue weighted by Gasteiger charge is -2.51. The number of rotatable bonds is 9. The smallest absolute Gasteiger partial charge is 0.320 e. The van der Waals surface area contributed by atoms with Crippen LogP contribution in [0.15, 0.2) is 30.3 Å². The van der Waals surface area contributed by atoms with Crippen LogP contribution in [0.3, 0.4) is 0 Å². The molecule has 1 saturated carbocycles. The molecule has 0 aromatic heterocycles.